The number of Topliss-reactive ketones (excluding diaryl/α,β-unsaturated/α-hetero) is 2. The zero-order chi connectivity index (χ0) is 13.7. The average Bonchev–Trinajstić information content (AvgIpc) is 2.43. The Morgan fingerprint density at radius 1 is 0.944 bits per heavy atom. The van der Waals surface area contributed by atoms with Crippen LogP contribution in [-0.4, -0.2) is 46.6 Å². The number of aliphatic hydroxyl groups is 2. The van der Waals surface area contributed by atoms with Gasteiger partial charge in [0, 0.05) is 11.1 Å². The monoisotopic (exact) mass is 250 g/mol. The van der Waals surface area contributed by atoms with E-state index in [4.69, 9.17) is 10.2 Å². The van der Waals surface area contributed by atoms with Gasteiger partial charge in [0.2, 0.25) is 0 Å². The highest BCUT2D eigenvalue weighted by atomic mass is 16.3. The van der Waals surface area contributed by atoms with Gasteiger partial charge in [0.15, 0.2) is 36.3 Å². The maximum Gasteiger partial charge on any atom is 0.198 e. The maximum atomic E-state index is 11.5. The van der Waals surface area contributed by atoms with Crippen molar-refractivity contribution >= 4 is 24.1 Å². The Hall–Kier alpha value is -2.18. The van der Waals surface area contributed by atoms with Crippen molar-refractivity contribution in [2.75, 3.05) is 0 Å². The molecule has 18 heavy (non-hydrogen) atoms. The van der Waals surface area contributed by atoms with Gasteiger partial charge in [-0.15, -0.1) is 0 Å². The second kappa shape index (κ2) is 5.95. The minimum atomic E-state index is -1.80. The Balaban J connectivity index is 3.06. The molecule has 0 amide bonds. The van der Waals surface area contributed by atoms with Gasteiger partial charge >= 0.3 is 0 Å². The summed E-state index contributed by atoms with van der Waals surface area (Å²) in [6.07, 6.45) is -3.47. The molecule has 6 heteroatoms. The van der Waals surface area contributed by atoms with Crippen molar-refractivity contribution in [3.63, 3.8) is 0 Å². The summed E-state index contributed by atoms with van der Waals surface area (Å²) in [5.41, 5.74) is -0.114. The molecule has 0 aliphatic heterocycles. The number of carbonyl (C=O) groups is 4. The Bertz CT molecular complexity index is 452. The van der Waals surface area contributed by atoms with Crippen LogP contribution in [0.3, 0.4) is 0 Å². The summed E-state index contributed by atoms with van der Waals surface area (Å²) < 4.78 is 0. The van der Waals surface area contributed by atoms with E-state index in [1.165, 1.54) is 18.2 Å². The molecule has 0 heterocycles. The molecule has 0 saturated heterocycles. The molecule has 0 saturated carbocycles. The number of hydrogen-bond donors (Lipinski definition) is 2. The van der Waals surface area contributed by atoms with Gasteiger partial charge in [-0.05, 0) is 6.07 Å². The molecule has 1 rings (SSSR count). The molecule has 0 aromatic heterocycles. The van der Waals surface area contributed by atoms with Gasteiger partial charge in [0.05, 0.1) is 0 Å². The van der Waals surface area contributed by atoms with Crippen molar-refractivity contribution in [1.82, 2.24) is 0 Å². The third-order valence-electron chi connectivity index (χ3n) is 2.23. The fraction of sp³-hybridized carbons (Fsp3) is 0.167. The summed E-state index contributed by atoms with van der Waals surface area (Å²) in [5, 5.41) is 18.1. The average molecular weight is 250 g/mol. The van der Waals surface area contributed by atoms with Crippen molar-refractivity contribution < 1.29 is 29.4 Å². The molecular formula is C12H10O6. The number of benzene rings is 1. The van der Waals surface area contributed by atoms with E-state index in [9.17, 15) is 19.2 Å². The van der Waals surface area contributed by atoms with Gasteiger partial charge in [-0.25, -0.2) is 0 Å². The molecule has 1 aromatic rings. The van der Waals surface area contributed by atoms with E-state index in [1.54, 1.807) is 0 Å². The van der Waals surface area contributed by atoms with Crippen LogP contribution in [0.5, 0.6) is 0 Å². The van der Waals surface area contributed by atoms with Crippen LogP contribution in [0.15, 0.2) is 24.3 Å². The van der Waals surface area contributed by atoms with Crippen molar-refractivity contribution in [3.8, 4) is 0 Å². The predicted molar refractivity (Wildman–Crippen MR) is 59.2 cm³/mol. The van der Waals surface area contributed by atoms with Gasteiger partial charge in [-0.2, -0.15) is 0 Å². The van der Waals surface area contributed by atoms with E-state index < -0.39 is 23.8 Å². The third kappa shape index (κ3) is 2.93. The molecule has 0 bridgehead atoms. The van der Waals surface area contributed by atoms with E-state index in [0.29, 0.717) is 0 Å². The number of rotatable bonds is 6. The number of aldehydes is 2. The molecule has 6 nitrogen and oxygen atoms in total. The predicted octanol–water partition coefficient (Wildman–Crippen LogP) is -0.828. The highest BCUT2D eigenvalue weighted by molar-refractivity contribution is 6.11. The zero-order valence-corrected chi connectivity index (χ0v) is 9.15. The van der Waals surface area contributed by atoms with Gasteiger partial charge < -0.3 is 10.2 Å². The van der Waals surface area contributed by atoms with Gasteiger partial charge in [0.25, 0.3) is 0 Å². The lowest BCUT2D eigenvalue weighted by molar-refractivity contribution is -0.113. The fourth-order valence-electron chi connectivity index (χ4n) is 1.29. The number of ketones is 2. The topological polar surface area (TPSA) is 109 Å². The number of hydrogen-bond acceptors (Lipinski definition) is 6. The van der Waals surface area contributed by atoms with Crippen LogP contribution in [0.4, 0.5) is 0 Å². The van der Waals surface area contributed by atoms with Crippen LogP contribution in [0.2, 0.25) is 0 Å². The number of carbonyl (C=O) groups excluding carboxylic acids is 4. The molecule has 2 atom stereocenters. The van der Waals surface area contributed by atoms with E-state index in [2.05, 4.69) is 0 Å². The van der Waals surface area contributed by atoms with Crippen molar-refractivity contribution in [3.05, 3.63) is 35.4 Å². The molecule has 2 unspecified atom stereocenters. The van der Waals surface area contributed by atoms with Crippen molar-refractivity contribution in [2.45, 2.75) is 12.2 Å². The summed E-state index contributed by atoms with van der Waals surface area (Å²) in [6.45, 7) is 0. The Morgan fingerprint density at radius 3 is 1.67 bits per heavy atom. The minimum Gasteiger partial charge on any atom is -0.377 e. The lowest BCUT2D eigenvalue weighted by Crippen LogP contribution is -2.24. The molecule has 0 spiro atoms. The van der Waals surface area contributed by atoms with Crippen LogP contribution >= 0.6 is 0 Å². The van der Waals surface area contributed by atoms with Gasteiger partial charge in [0.1, 0.15) is 0 Å². The minimum absolute atomic E-state index is 0.0569. The normalized spacial score (nSPS) is 13.4. The smallest absolute Gasteiger partial charge is 0.198 e. The lowest BCUT2D eigenvalue weighted by atomic mass is 10.0. The second-order valence-electron chi connectivity index (χ2n) is 3.47. The lowest BCUT2D eigenvalue weighted by Gasteiger charge is -2.06. The summed E-state index contributed by atoms with van der Waals surface area (Å²) >= 11 is 0. The molecule has 0 aliphatic rings. The summed E-state index contributed by atoms with van der Waals surface area (Å²) in [6, 6.07) is 5.05. The van der Waals surface area contributed by atoms with Gasteiger partial charge in [-0.3, -0.25) is 19.2 Å². The highest BCUT2D eigenvalue weighted by Gasteiger charge is 2.20. The van der Waals surface area contributed by atoms with E-state index in [1.807, 2.05) is 0 Å². The van der Waals surface area contributed by atoms with Gasteiger partial charge in [-0.1, -0.05) is 18.2 Å². The first-order valence-electron chi connectivity index (χ1n) is 4.96. The van der Waals surface area contributed by atoms with Crippen LogP contribution in [0.1, 0.15) is 20.7 Å². The molecule has 0 aliphatic carbocycles. The maximum absolute atomic E-state index is 11.5. The molecular weight excluding hydrogens is 240 g/mol. The third-order valence-corrected chi connectivity index (χ3v) is 2.23. The largest absolute Gasteiger partial charge is 0.377 e. The summed E-state index contributed by atoms with van der Waals surface area (Å²) in [4.78, 5) is 43.5. The summed E-state index contributed by atoms with van der Waals surface area (Å²) in [7, 11) is 0. The Labute approximate surface area is 102 Å². The number of aliphatic hydroxyl groups excluding tert-OH is 2. The second-order valence-corrected chi connectivity index (χ2v) is 3.47. The van der Waals surface area contributed by atoms with Crippen molar-refractivity contribution in [2.24, 2.45) is 0 Å². The quantitative estimate of drug-likeness (QED) is 0.387. The van der Waals surface area contributed by atoms with E-state index >= 15 is 0 Å². The first kappa shape index (κ1) is 13.9. The fourth-order valence-corrected chi connectivity index (χ4v) is 1.29. The molecule has 0 fully saturated rings. The van der Waals surface area contributed by atoms with Crippen LogP contribution in [0, 0.1) is 0 Å². The zero-order valence-electron chi connectivity index (χ0n) is 9.15. The first-order valence-corrected chi connectivity index (χ1v) is 4.96. The summed E-state index contributed by atoms with van der Waals surface area (Å²) in [5.74, 6) is -1.72. The van der Waals surface area contributed by atoms with Crippen LogP contribution in [-0.2, 0) is 9.59 Å². The Kier molecular flexibility index (Phi) is 4.59. The van der Waals surface area contributed by atoms with E-state index in [-0.39, 0.29) is 23.7 Å². The molecule has 94 valence electrons. The molecule has 0 radical (unpaired) electrons. The van der Waals surface area contributed by atoms with Crippen molar-refractivity contribution in [1.29, 1.82) is 0 Å². The molecule has 2 N–H and O–H groups in total. The SMILES string of the molecule is O=CC(O)C(=O)c1cccc(C(=O)C(O)C=O)c1. The Morgan fingerprint density at radius 2 is 1.33 bits per heavy atom. The van der Waals surface area contributed by atoms with E-state index in [0.717, 1.165) is 6.07 Å². The van der Waals surface area contributed by atoms with Crippen LogP contribution < -0.4 is 0 Å². The highest BCUT2D eigenvalue weighted by Crippen LogP contribution is 2.09. The van der Waals surface area contributed by atoms with Crippen LogP contribution in [0.25, 0.3) is 0 Å². The first-order chi connectivity index (χ1) is 8.51. The standard InChI is InChI=1S/C12H10O6/c13-5-9(15)11(17)7-2-1-3-8(4-7)12(18)10(16)6-14/h1-6,9-10,15-16H. The molecule has 1 aromatic carbocycles.